The number of nitrogens with one attached hydrogen (secondary N) is 2. The Labute approximate surface area is 192 Å². The fourth-order valence-corrected chi connectivity index (χ4v) is 3.94. The van der Waals surface area contributed by atoms with E-state index in [4.69, 9.17) is 14.2 Å². The molecule has 1 aromatic carbocycles. The number of ether oxygens (including phenoxy) is 4. The predicted octanol–water partition coefficient (Wildman–Crippen LogP) is 3.90. The third kappa shape index (κ3) is 6.47. The van der Waals surface area contributed by atoms with Crippen LogP contribution >= 0.6 is 24.0 Å². The van der Waals surface area contributed by atoms with E-state index in [1.807, 2.05) is 0 Å². The summed E-state index contributed by atoms with van der Waals surface area (Å²) in [4.78, 5) is 4.26. The Bertz CT molecular complexity index is 716. The molecule has 1 aromatic rings. The second kappa shape index (κ2) is 11.7. The van der Waals surface area contributed by atoms with Crippen LogP contribution in [0.4, 0.5) is 8.78 Å². The van der Waals surface area contributed by atoms with Gasteiger partial charge in [0.25, 0.3) is 0 Å². The smallest absolute Gasteiger partial charge is 0.387 e. The van der Waals surface area contributed by atoms with Crippen LogP contribution in [0.3, 0.4) is 0 Å². The predicted molar refractivity (Wildman–Crippen MR) is 120 cm³/mol. The van der Waals surface area contributed by atoms with Gasteiger partial charge in [0.1, 0.15) is 5.75 Å². The number of methoxy groups -OCH3 is 1. The Balaban J connectivity index is 0.00000320. The van der Waals surface area contributed by atoms with E-state index in [9.17, 15) is 8.78 Å². The number of rotatable bonds is 9. The van der Waals surface area contributed by atoms with Gasteiger partial charge in [-0.1, -0.05) is 12.8 Å². The van der Waals surface area contributed by atoms with Gasteiger partial charge in [-0.25, -0.2) is 0 Å². The number of aliphatic imine (C=N–C) groups is 1. The number of alkyl halides is 2. The molecule has 0 aromatic heterocycles. The minimum atomic E-state index is -2.92. The van der Waals surface area contributed by atoms with Crippen molar-refractivity contribution in [2.75, 3.05) is 34.1 Å². The first-order valence-corrected chi connectivity index (χ1v) is 9.86. The summed E-state index contributed by atoms with van der Waals surface area (Å²) in [7, 11) is 3.41. The molecule has 2 N–H and O–H groups in total. The molecule has 0 radical (unpaired) electrons. The van der Waals surface area contributed by atoms with Crippen LogP contribution in [0.5, 0.6) is 17.2 Å². The van der Waals surface area contributed by atoms with Gasteiger partial charge in [-0.15, -0.1) is 24.0 Å². The number of hydrogen-bond acceptors (Lipinski definition) is 5. The summed E-state index contributed by atoms with van der Waals surface area (Å²) in [5, 5.41) is 6.56. The Morgan fingerprint density at radius 2 is 1.90 bits per heavy atom. The van der Waals surface area contributed by atoms with Crippen molar-refractivity contribution in [2.45, 2.75) is 45.3 Å². The molecule has 0 unspecified atom stereocenters. The van der Waals surface area contributed by atoms with E-state index in [-0.39, 0.29) is 48.5 Å². The normalized spacial score (nSPS) is 17.0. The molecule has 1 saturated carbocycles. The number of halogens is 3. The van der Waals surface area contributed by atoms with Gasteiger partial charge in [0.05, 0.1) is 0 Å². The monoisotopic (exact) mass is 541 g/mol. The summed E-state index contributed by atoms with van der Waals surface area (Å²) in [5.74, 6) is 1.57. The largest absolute Gasteiger partial charge is 0.454 e. The standard InChI is InChI=1S/C20H29F2N3O4.HI/c1-23-19(25-12-20(7-8-26-2)5-3-4-6-20)24-11-14-9-16-17(28-13-27-16)10-15(14)29-18(21)22;/h9-10,18H,3-8,11-13H2,1-2H3,(H2,23,24,25);1H. The van der Waals surface area contributed by atoms with Gasteiger partial charge >= 0.3 is 6.61 Å². The molecule has 0 saturated heterocycles. The van der Waals surface area contributed by atoms with Crippen molar-refractivity contribution in [3.05, 3.63) is 17.7 Å². The molecule has 3 rings (SSSR count). The highest BCUT2D eigenvalue weighted by atomic mass is 127. The lowest BCUT2D eigenvalue weighted by Gasteiger charge is -2.30. The molecule has 10 heteroatoms. The van der Waals surface area contributed by atoms with Gasteiger partial charge in [-0.3, -0.25) is 4.99 Å². The van der Waals surface area contributed by atoms with Gasteiger partial charge < -0.3 is 29.6 Å². The fourth-order valence-electron chi connectivity index (χ4n) is 3.94. The van der Waals surface area contributed by atoms with Gasteiger partial charge in [0.2, 0.25) is 6.79 Å². The van der Waals surface area contributed by atoms with Crippen LogP contribution in [0.15, 0.2) is 17.1 Å². The van der Waals surface area contributed by atoms with Gasteiger partial charge in [-0.2, -0.15) is 8.78 Å². The number of fused-ring (bicyclic) bond motifs is 1. The molecule has 170 valence electrons. The molecular weight excluding hydrogens is 511 g/mol. The summed E-state index contributed by atoms with van der Waals surface area (Å²) in [6, 6.07) is 3.08. The van der Waals surface area contributed by atoms with E-state index in [0.29, 0.717) is 23.0 Å². The highest BCUT2D eigenvalue weighted by Gasteiger charge is 2.33. The lowest BCUT2D eigenvalue weighted by Crippen LogP contribution is -2.43. The molecule has 0 atom stereocenters. The minimum Gasteiger partial charge on any atom is -0.454 e. The summed E-state index contributed by atoms with van der Waals surface area (Å²) in [6.45, 7) is -1.08. The first-order valence-electron chi connectivity index (χ1n) is 9.86. The van der Waals surface area contributed by atoms with Crippen LogP contribution in [0.25, 0.3) is 0 Å². The summed E-state index contributed by atoms with van der Waals surface area (Å²) in [5.41, 5.74) is 0.739. The first kappa shape index (κ1) is 24.7. The summed E-state index contributed by atoms with van der Waals surface area (Å²) < 4.78 is 46.1. The van der Waals surface area contributed by atoms with Crippen molar-refractivity contribution in [1.29, 1.82) is 0 Å². The molecule has 0 amide bonds. The molecule has 30 heavy (non-hydrogen) atoms. The maximum absolute atomic E-state index is 12.8. The Morgan fingerprint density at radius 3 is 2.53 bits per heavy atom. The highest BCUT2D eigenvalue weighted by molar-refractivity contribution is 14.0. The molecule has 1 aliphatic carbocycles. The summed E-state index contributed by atoms with van der Waals surface area (Å²) >= 11 is 0. The van der Waals surface area contributed by atoms with Crippen molar-refractivity contribution >= 4 is 29.9 Å². The Hall–Kier alpha value is -1.56. The second-order valence-corrected chi connectivity index (χ2v) is 7.42. The fraction of sp³-hybridized carbons (Fsp3) is 0.650. The molecule has 0 bridgehead atoms. The average molecular weight is 541 g/mol. The highest BCUT2D eigenvalue weighted by Crippen LogP contribution is 2.41. The first-order chi connectivity index (χ1) is 14.0. The SMILES string of the molecule is CN=C(NCc1cc2c(cc1OC(F)F)OCO2)NCC1(CCOC)CCCC1.I. The van der Waals surface area contributed by atoms with Gasteiger partial charge in [-0.05, 0) is 30.7 Å². The van der Waals surface area contributed by atoms with E-state index >= 15 is 0 Å². The third-order valence-electron chi connectivity index (χ3n) is 5.57. The lowest BCUT2D eigenvalue weighted by molar-refractivity contribution is -0.0505. The molecular formula is C20H30F2IN3O4. The van der Waals surface area contributed by atoms with Crippen molar-refractivity contribution in [3.63, 3.8) is 0 Å². The van der Waals surface area contributed by atoms with Crippen LogP contribution < -0.4 is 24.8 Å². The minimum absolute atomic E-state index is 0. The van der Waals surface area contributed by atoms with Crippen molar-refractivity contribution < 1.29 is 27.7 Å². The van der Waals surface area contributed by atoms with Crippen molar-refractivity contribution in [2.24, 2.45) is 10.4 Å². The zero-order chi connectivity index (χ0) is 20.7. The van der Waals surface area contributed by atoms with Crippen LogP contribution in [0.2, 0.25) is 0 Å². The number of benzene rings is 1. The van der Waals surface area contributed by atoms with E-state index in [0.717, 1.165) is 32.4 Å². The van der Waals surface area contributed by atoms with Crippen LogP contribution in [0, 0.1) is 5.41 Å². The maximum atomic E-state index is 12.8. The van der Waals surface area contributed by atoms with E-state index < -0.39 is 6.61 Å². The number of nitrogens with zero attached hydrogens (tertiary/aromatic N) is 1. The van der Waals surface area contributed by atoms with Crippen LogP contribution in [-0.2, 0) is 11.3 Å². The van der Waals surface area contributed by atoms with Gasteiger partial charge in [0, 0.05) is 45.5 Å². The molecule has 7 nitrogen and oxygen atoms in total. The number of hydrogen-bond donors (Lipinski definition) is 2. The van der Waals surface area contributed by atoms with Crippen molar-refractivity contribution in [3.8, 4) is 17.2 Å². The third-order valence-corrected chi connectivity index (χ3v) is 5.57. The van der Waals surface area contributed by atoms with E-state index in [2.05, 4.69) is 20.4 Å². The molecule has 1 fully saturated rings. The number of guanidine groups is 1. The van der Waals surface area contributed by atoms with Gasteiger partial charge in [0.15, 0.2) is 17.5 Å². The zero-order valence-electron chi connectivity index (χ0n) is 17.3. The Kier molecular flexibility index (Phi) is 9.66. The Morgan fingerprint density at radius 1 is 1.20 bits per heavy atom. The summed E-state index contributed by atoms with van der Waals surface area (Å²) in [6.07, 6.45) is 5.78. The van der Waals surface area contributed by atoms with Crippen LogP contribution in [0.1, 0.15) is 37.7 Å². The lowest BCUT2D eigenvalue weighted by atomic mass is 9.83. The molecule has 1 aliphatic heterocycles. The molecule has 0 spiro atoms. The second-order valence-electron chi connectivity index (χ2n) is 7.42. The van der Waals surface area contributed by atoms with E-state index in [1.54, 1.807) is 20.2 Å². The topological polar surface area (TPSA) is 73.3 Å². The van der Waals surface area contributed by atoms with Crippen LogP contribution in [-0.4, -0.2) is 46.7 Å². The average Bonchev–Trinajstić information content (AvgIpc) is 3.35. The quantitative estimate of drug-likeness (QED) is 0.281. The van der Waals surface area contributed by atoms with Crippen molar-refractivity contribution in [1.82, 2.24) is 10.6 Å². The maximum Gasteiger partial charge on any atom is 0.387 e. The van der Waals surface area contributed by atoms with E-state index in [1.165, 1.54) is 18.9 Å². The molecule has 2 aliphatic rings. The zero-order valence-corrected chi connectivity index (χ0v) is 19.7. The molecule has 1 heterocycles.